The van der Waals surface area contributed by atoms with Gasteiger partial charge in [-0.15, -0.1) is 0 Å². The lowest BCUT2D eigenvalue weighted by Gasteiger charge is -2.32. The Morgan fingerprint density at radius 1 is 0.933 bits per heavy atom. The van der Waals surface area contributed by atoms with Gasteiger partial charge in [-0.25, -0.2) is 4.68 Å². The van der Waals surface area contributed by atoms with Crippen LogP contribution in [0, 0.1) is 0 Å². The molecule has 2 heterocycles. The van der Waals surface area contributed by atoms with E-state index in [2.05, 4.69) is 51.8 Å². The first-order chi connectivity index (χ1) is 14.8. The van der Waals surface area contributed by atoms with Gasteiger partial charge in [0.05, 0.1) is 12.1 Å². The van der Waals surface area contributed by atoms with Crippen molar-refractivity contribution in [3.8, 4) is 5.75 Å². The summed E-state index contributed by atoms with van der Waals surface area (Å²) in [5.41, 5.74) is 3.51. The van der Waals surface area contributed by atoms with E-state index in [1.54, 1.807) is 6.33 Å². The predicted octanol–water partition coefficient (Wildman–Crippen LogP) is 5.66. The maximum Gasteiger partial charge on any atom is 0.222 e. The largest absolute Gasteiger partial charge is 0.489 e. The van der Waals surface area contributed by atoms with Gasteiger partial charge in [-0.2, -0.15) is 10.1 Å². The number of hydrogen-bond acceptors (Lipinski definition) is 4. The first-order valence-electron chi connectivity index (χ1n) is 9.94. The monoisotopic (exact) mass is 416 g/mol. The van der Waals surface area contributed by atoms with E-state index in [-0.39, 0.29) is 12.1 Å². The summed E-state index contributed by atoms with van der Waals surface area (Å²) >= 11 is 6.06. The van der Waals surface area contributed by atoms with Crippen LogP contribution in [0.25, 0.3) is 0 Å². The van der Waals surface area contributed by atoms with Crippen molar-refractivity contribution in [1.82, 2.24) is 14.8 Å². The summed E-state index contributed by atoms with van der Waals surface area (Å²) in [5, 5.41) is 8.67. The minimum atomic E-state index is 0.0904. The van der Waals surface area contributed by atoms with Crippen LogP contribution in [0.3, 0.4) is 0 Å². The molecule has 3 aromatic carbocycles. The maximum absolute atomic E-state index is 6.06. The molecule has 1 aliphatic rings. The molecule has 4 aromatic rings. The van der Waals surface area contributed by atoms with Crippen LogP contribution in [-0.2, 0) is 6.61 Å². The summed E-state index contributed by atoms with van der Waals surface area (Å²) in [6.45, 7) is 0.555. The summed E-state index contributed by atoms with van der Waals surface area (Å²) in [6, 6.07) is 26.6. The number of halogens is 1. The SMILES string of the molecule is Clc1ccc([C@@H]2C[C@@H](c3ccc(OCc4ccccc4)cc3)n3ncnc3N2)cc1. The minimum Gasteiger partial charge on any atom is -0.489 e. The van der Waals surface area contributed by atoms with Crippen molar-refractivity contribution in [2.45, 2.75) is 25.1 Å². The third-order valence-corrected chi connectivity index (χ3v) is 5.67. The molecule has 0 amide bonds. The lowest BCUT2D eigenvalue weighted by Crippen LogP contribution is -2.28. The number of aromatic nitrogens is 3. The first-order valence-corrected chi connectivity index (χ1v) is 10.3. The highest BCUT2D eigenvalue weighted by Gasteiger charge is 2.29. The molecular formula is C24H21ClN4O. The molecule has 1 aromatic heterocycles. The van der Waals surface area contributed by atoms with Crippen molar-refractivity contribution in [2.24, 2.45) is 0 Å². The van der Waals surface area contributed by atoms with E-state index in [9.17, 15) is 0 Å². The van der Waals surface area contributed by atoms with E-state index >= 15 is 0 Å². The van der Waals surface area contributed by atoms with E-state index in [1.165, 1.54) is 11.1 Å². The second-order valence-electron chi connectivity index (χ2n) is 7.37. The van der Waals surface area contributed by atoms with Crippen LogP contribution >= 0.6 is 11.6 Å². The average molecular weight is 417 g/mol. The summed E-state index contributed by atoms with van der Waals surface area (Å²) in [4.78, 5) is 4.40. The van der Waals surface area contributed by atoms with Crippen molar-refractivity contribution >= 4 is 17.5 Å². The van der Waals surface area contributed by atoms with Crippen molar-refractivity contribution in [2.75, 3.05) is 5.32 Å². The van der Waals surface area contributed by atoms with E-state index in [1.807, 2.05) is 47.1 Å². The molecule has 1 N–H and O–H groups in total. The predicted molar refractivity (Wildman–Crippen MR) is 118 cm³/mol. The average Bonchev–Trinajstić information content (AvgIpc) is 3.27. The van der Waals surface area contributed by atoms with Crippen LogP contribution in [0.4, 0.5) is 5.95 Å². The number of ether oxygens (including phenoxy) is 1. The number of benzene rings is 3. The minimum absolute atomic E-state index is 0.0904. The molecule has 30 heavy (non-hydrogen) atoms. The molecule has 2 atom stereocenters. The van der Waals surface area contributed by atoms with E-state index in [4.69, 9.17) is 16.3 Å². The van der Waals surface area contributed by atoms with Gasteiger partial charge in [0.1, 0.15) is 18.7 Å². The van der Waals surface area contributed by atoms with E-state index in [0.29, 0.717) is 6.61 Å². The van der Waals surface area contributed by atoms with Crippen LogP contribution in [0.1, 0.15) is 35.2 Å². The van der Waals surface area contributed by atoms with Gasteiger partial charge in [-0.1, -0.05) is 66.2 Å². The van der Waals surface area contributed by atoms with Gasteiger partial charge >= 0.3 is 0 Å². The lowest BCUT2D eigenvalue weighted by atomic mass is 9.93. The van der Waals surface area contributed by atoms with Crippen LogP contribution in [0.15, 0.2) is 85.2 Å². The molecule has 0 spiro atoms. The smallest absolute Gasteiger partial charge is 0.222 e. The van der Waals surface area contributed by atoms with Crippen molar-refractivity contribution in [3.05, 3.63) is 107 Å². The Hall–Kier alpha value is -3.31. The van der Waals surface area contributed by atoms with E-state index in [0.717, 1.165) is 28.7 Å². The number of rotatable bonds is 5. The number of anilines is 1. The topological polar surface area (TPSA) is 52.0 Å². The van der Waals surface area contributed by atoms with Gasteiger partial charge in [0.25, 0.3) is 0 Å². The third-order valence-electron chi connectivity index (χ3n) is 5.42. The highest BCUT2D eigenvalue weighted by Crippen LogP contribution is 2.37. The quantitative estimate of drug-likeness (QED) is 0.456. The zero-order chi connectivity index (χ0) is 20.3. The Balaban J connectivity index is 1.35. The highest BCUT2D eigenvalue weighted by atomic mass is 35.5. The molecule has 0 fully saturated rings. The molecule has 5 rings (SSSR count). The number of hydrogen-bond donors (Lipinski definition) is 1. The van der Waals surface area contributed by atoms with Crippen LogP contribution in [0.2, 0.25) is 5.02 Å². The summed E-state index contributed by atoms with van der Waals surface area (Å²) in [7, 11) is 0. The fourth-order valence-corrected chi connectivity index (χ4v) is 3.96. The molecular weight excluding hydrogens is 396 g/mol. The highest BCUT2D eigenvalue weighted by molar-refractivity contribution is 6.30. The molecule has 1 aliphatic heterocycles. The fraction of sp³-hybridized carbons (Fsp3) is 0.167. The summed E-state index contributed by atoms with van der Waals surface area (Å²) < 4.78 is 7.88. The van der Waals surface area contributed by atoms with Crippen LogP contribution in [0.5, 0.6) is 5.75 Å². The van der Waals surface area contributed by atoms with E-state index < -0.39 is 0 Å². The molecule has 0 saturated carbocycles. The van der Waals surface area contributed by atoms with Gasteiger partial charge < -0.3 is 10.1 Å². The fourth-order valence-electron chi connectivity index (χ4n) is 3.84. The first kappa shape index (κ1) is 18.7. The molecule has 6 heteroatoms. The Bertz CT molecular complexity index is 1110. The third kappa shape index (κ3) is 3.89. The van der Waals surface area contributed by atoms with Crippen LogP contribution < -0.4 is 10.1 Å². The molecule has 0 saturated heterocycles. The Kier molecular flexibility index (Phi) is 5.11. The Morgan fingerprint density at radius 2 is 1.67 bits per heavy atom. The summed E-state index contributed by atoms with van der Waals surface area (Å²) in [6.07, 6.45) is 2.46. The van der Waals surface area contributed by atoms with Crippen molar-refractivity contribution in [3.63, 3.8) is 0 Å². The summed E-state index contributed by atoms with van der Waals surface area (Å²) in [5.74, 6) is 1.63. The zero-order valence-electron chi connectivity index (χ0n) is 16.3. The number of nitrogens with zero attached hydrogens (tertiary/aromatic N) is 3. The number of fused-ring (bicyclic) bond motifs is 1. The van der Waals surface area contributed by atoms with Crippen LogP contribution in [-0.4, -0.2) is 14.8 Å². The molecule has 5 nitrogen and oxygen atoms in total. The molecule has 0 bridgehead atoms. The van der Waals surface area contributed by atoms with Gasteiger partial charge in [0, 0.05) is 5.02 Å². The van der Waals surface area contributed by atoms with Gasteiger partial charge in [-0.05, 0) is 47.4 Å². The molecule has 0 unspecified atom stereocenters. The second kappa shape index (κ2) is 8.20. The second-order valence-corrected chi connectivity index (χ2v) is 7.81. The molecule has 150 valence electrons. The van der Waals surface area contributed by atoms with Crippen molar-refractivity contribution in [1.29, 1.82) is 0 Å². The van der Waals surface area contributed by atoms with Crippen molar-refractivity contribution < 1.29 is 4.74 Å². The zero-order valence-corrected chi connectivity index (χ0v) is 17.0. The molecule has 0 radical (unpaired) electrons. The maximum atomic E-state index is 6.06. The number of nitrogens with one attached hydrogen (secondary N) is 1. The Morgan fingerprint density at radius 3 is 2.43 bits per heavy atom. The lowest BCUT2D eigenvalue weighted by molar-refractivity contribution is 0.306. The Labute approximate surface area is 180 Å². The standard InChI is InChI=1S/C24H21ClN4O/c25-20-10-6-18(7-11-20)22-14-23(29-24(28-22)26-16-27-29)19-8-12-21(13-9-19)30-15-17-4-2-1-3-5-17/h1-13,16,22-23H,14-15H2,(H,26,27,28)/t22-,23-/m0/s1. The van der Waals surface area contributed by atoms with Gasteiger partial charge in [-0.3, -0.25) is 0 Å². The normalized spacial score (nSPS) is 17.8. The molecule has 0 aliphatic carbocycles. The van der Waals surface area contributed by atoms with Gasteiger partial charge in [0.15, 0.2) is 0 Å². The van der Waals surface area contributed by atoms with Gasteiger partial charge in [0.2, 0.25) is 5.95 Å².